The van der Waals surface area contributed by atoms with Gasteiger partial charge in [-0.1, -0.05) is 6.58 Å². The van der Waals surface area contributed by atoms with Crippen LogP contribution < -0.4 is 0 Å². The maximum atomic E-state index is 9.75. The standard InChI is InChI=1S/C4H6O2.Fe/c1-3-6-4(2)5;/h3H,1H2,2H3;. The second-order valence-corrected chi connectivity index (χ2v) is 0.776. The van der Waals surface area contributed by atoms with Crippen LogP contribution in [0.3, 0.4) is 0 Å². The van der Waals surface area contributed by atoms with E-state index in [2.05, 4.69) is 11.3 Å². The van der Waals surface area contributed by atoms with E-state index >= 15 is 0 Å². The molecular formula is C4H6FeO2. The zero-order chi connectivity index (χ0) is 4.99. The molecule has 0 amide bonds. The quantitative estimate of drug-likeness (QED) is 0.306. The Kier molecular flexibility index (Phi) is 8.08. The molecule has 0 bridgehead atoms. The van der Waals surface area contributed by atoms with Crippen LogP contribution >= 0.6 is 0 Å². The van der Waals surface area contributed by atoms with Crippen LogP contribution in [-0.4, -0.2) is 5.97 Å². The first-order valence-electron chi connectivity index (χ1n) is 1.55. The fourth-order valence-electron chi connectivity index (χ4n) is 0.117. The molecule has 0 aliphatic heterocycles. The number of esters is 1. The second-order valence-electron chi connectivity index (χ2n) is 0.776. The summed E-state index contributed by atoms with van der Waals surface area (Å²) in [5, 5.41) is 0. The Morgan fingerprint density at radius 3 is 2.29 bits per heavy atom. The van der Waals surface area contributed by atoms with Gasteiger partial charge in [0.25, 0.3) is 0 Å². The summed E-state index contributed by atoms with van der Waals surface area (Å²) in [6.45, 7) is 4.48. The summed E-state index contributed by atoms with van der Waals surface area (Å²) in [5.74, 6) is -0.329. The zero-order valence-electron chi connectivity index (χ0n) is 3.95. The van der Waals surface area contributed by atoms with E-state index in [1.807, 2.05) is 0 Å². The Hall–Kier alpha value is -0.271. The average molecular weight is 142 g/mol. The third-order valence-electron chi connectivity index (χ3n) is 0.249. The van der Waals surface area contributed by atoms with Crippen LogP contribution in [0.2, 0.25) is 0 Å². The van der Waals surface area contributed by atoms with Crippen molar-refractivity contribution in [3.05, 3.63) is 12.8 Å². The van der Waals surface area contributed by atoms with Gasteiger partial charge in [0.15, 0.2) is 0 Å². The fraction of sp³-hybridized carbons (Fsp3) is 0.250. The Bertz CT molecular complexity index is 70.1. The van der Waals surface area contributed by atoms with Crippen molar-refractivity contribution in [2.75, 3.05) is 0 Å². The van der Waals surface area contributed by atoms with Gasteiger partial charge in [0, 0.05) is 24.0 Å². The number of rotatable bonds is 1. The molecule has 7 heavy (non-hydrogen) atoms. The van der Waals surface area contributed by atoms with Gasteiger partial charge in [0.2, 0.25) is 0 Å². The van der Waals surface area contributed by atoms with E-state index in [0.717, 1.165) is 6.26 Å². The molecule has 0 spiro atoms. The molecule has 0 saturated carbocycles. The van der Waals surface area contributed by atoms with Crippen LogP contribution in [-0.2, 0) is 26.6 Å². The van der Waals surface area contributed by atoms with Gasteiger partial charge in [-0.3, -0.25) is 4.79 Å². The van der Waals surface area contributed by atoms with Gasteiger partial charge in [-0.05, 0) is 0 Å². The van der Waals surface area contributed by atoms with Crippen LogP contribution in [0.25, 0.3) is 0 Å². The maximum absolute atomic E-state index is 9.75. The minimum atomic E-state index is -0.329. The van der Waals surface area contributed by atoms with Crippen LogP contribution in [0.5, 0.6) is 0 Å². The first kappa shape index (κ1) is 9.88. The third kappa shape index (κ3) is 10.7. The van der Waals surface area contributed by atoms with Crippen molar-refractivity contribution in [3.8, 4) is 0 Å². The third-order valence-corrected chi connectivity index (χ3v) is 0.249. The molecule has 3 heteroatoms. The van der Waals surface area contributed by atoms with Crippen LogP contribution in [0.1, 0.15) is 6.92 Å². The Balaban J connectivity index is 0. The SMILES string of the molecule is C=COC(C)=O.[Fe]. The van der Waals surface area contributed by atoms with E-state index in [9.17, 15) is 4.79 Å². The van der Waals surface area contributed by atoms with Crippen molar-refractivity contribution in [1.82, 2.24) is 0 Å². The Morgan fingerprint density at radius 1 is 1.86 bits per heavy atom. The van der Waals surface area contributed by atoms with Crippen molar-refractivity contribution in [2.45, 2.75) is 6.92 Å². The number of hydrogen-bond acceptors (Lipinski definition) is 2. The molecule has 0 rings (SSSR count). The summed E-state index contributed by atoms with van der Waals surface area (Å²) in [7, 11) is 0. The summed E-state index contributed by atoms with van der Waals surface area (Å²) < 4.78 is 4.17. The molecule has 0 heterocycles. The van der Waals surface area contributed by atoms with Gasteiger partial charge in [-0.25, -0.2) is 0 Å². The summed E-state index contributed by atoms with van der Waals surface area (Å²) in [5.41, 5.74) is 0. The van der Waals surface area contributed by atoms with Crippen molar-refractivity contribution in [3.63, 3.8) is 0 Å². The summed E-state index contributed by atoms with van der Waals surface area (Å²) in [4.78, 5) is 9.75. The van der Waals surface area contributed by atoms with Crippen molar-refractivity contribution >= 4 is 5.97 Å². The van der Waals surface area contributed by atoms with E-state index < -0.39 is 0 Å². The van der Waals surface area contributed by atoms with Crippen molar-refractivity contribution < 1.29 is 26.6 Å². The van der Waals surface area contributed by atoms with Crippen molar-refractivity contribution in [2.24, 2.45) is 0 Å². The molecule has 0 aromatic carbocycles. The predicted molar refractivity (Wildman–Crippen MR) is 22.0 cm³/mol. The fourth-order valence-corrected chi connectivity index (χ4v) is 0.117. The molecule has 42 valence electrons. The number of carbonyl (C=O) groups excluding carboxylic acids is 1. The van der Waals surface area contributed by atoms with Gasteiger partial charge < -0.3 is 4.74 Å². The van der Waals surface area contributed by atoms with E-state index in [1.54, 1.807) is 0 Å². The molecule has 0 aliphatic carbocycles. The van der Waals surface area contributed by atoms with E-state index in [4.69, 9.17) is 0 Å². The van der Waals surface area contributed by atoms with Crippen LogP contribution in [0.15, 0.2) is 12.8 Å². The minimum Gasteiger partial charge on any atom is -0.435 e. The molecule has 0 aromatic rings. The smallest absolute Gasteiger partial charge is 0.307 e. The first-order chi connectivity index (χ1) is 2.77. The maximum Gasteiger partial charge on any atom is 0.307 e. The number of ether oxygens (including phenoxy) is 1. The summed E-state index contributed by atoms with van der Waals surface area (Å²) in [6, 6.07) is 0. The van der Waals surface area contributed by atoms with Gasteiger partial charge in [0.05, 0.1) is 6.26 Å². The monoisotopic (exact) mass is 142 g/mol. The summed E-state index contributed by atoms with van der Waals surface area (Å²) in [6.07, 6.45) is 1.10. The largest absolute Gasteiger partial charge is 0.435 e. The van der Waals surface area contributed by atoms with E-state index in [0.29, 0.717) is 0 Å². The predicted octanol–water partition coefficient (Wildman–Crippen LogP) is 0.690. The topological polar surface area (TPSA) is 26.3 Å². The van der Waals surface area contributed by atoms with Crippen LogP contribution in [0, 0.1) is 0 Å². The Morgan fingerprint density at radius 2 is 2.29 bits per heavy atom. The molecule has 0 saturated heterocycles. The van der Waals surface area contributed by atoms with Gasteiger partial charge in [-0.2, -0.15) is 0 Å². The van der Waals surface area contributed by atoms with Gasteiger partial charge in [0.1, 0.15) is 0 Å². The van der Waals surface area contributed by atoms with Crippen LogP contribution in [0.4, 0.5) is 0 Å². The number of carbonyl (C=O) groups is 1. The van der Waals surface area contributed by atoms with Crippen molar-refractivity contribution in [1.29, 1.82) is 0 Å². The molecule has 0 aromatic heterocycles. The minimum absolute atomic E-state index is 0. The molecule has 0 N–H and O–H groups in total. The molecule has 0 unspecified atom stereocenters. The molecule has 0 fully saturated rings. The molecular weight excluding hydrogens is 136 g/mol. The molecule has 0 radical (unpaired) electrons. The second kappa shape index (κ2) is 5.73. The van der Waals surface area contributed by atoms with E-state index in [-0.39, 0.29) is 23.0 Å². The Labute approximate surface area is 53.0 Å². The number of hydrogen-bond donors (Lipinski definition) is 0. The molecule has 2 nitrogen and oxygen atoms in total. The summed E-state index contributed by atoms with van der Waals surface area (Å²) >= 11 is 0. The van der Waals surface area contributed by atoms with E-state index in [1.165, 1.54) is 6.92 Å². The average Bonchev–Trinajstić information content (AvgIpc) is 1.35. The first-order valence-corrected chi connectivity index (χ1v) is 1.55. The normalized spacial score (nSPS) is 5.86. The van der Waals surface area contributed by atoms with Gasteiger partial charge >= 0.3 is 5.97 Å². The van der Waals surface area contributed by atoms with Gasteiger partial charge in [-0.15, -0.1) is 0 Å². The zero-order valence-corrected chi connectivity index (χ0v) is 5.06. The molecule has 0 atom stereocenters. The molecule has 0 aliphatic rings.